The molecule has 7 nitrogen and oxygen atoms in total. The number of carbonyl (C=O) groups is 3. The molecule has 262 valence electrons. The summed E-state index contributed by atoms with van der Waals surface area (Å²) in [6.07, 6.45) is 18.8. The molecule has 1 aliphatic carbocycles. The van der Waals surface area contributed by atoms with Crippen molar-refractivity contribution in [3.05, 3.63) is 107 Å². The molecule has 4 aliphatic rings. The number of allylic oxidation sites excluding steroid dienone is 8. The fourth-order valence-electron chi connectivity index (χ4n) is 8.20. The first-order chi connectivity index (χ1) is 24.0. The molecule has 0 unspecified atom stereocenters. The normalized spacial score (nSPS) is 21.1. The van der Waals surface area contributed by atoms with Gasteiger partial charge in [0.1, 0.15) is 7.05 Å². The number of anilines is 1. The molecule has 0 saturated carbocycles. The Morgan fingerprint density at radius 2 is 1.52 bits per heavy atom. The third-order valence-corrected chi connectivity index (χ3v) is 11.1. The van der Waals surface area contributed by atoms with Crippen molar-refractivity contribution in [1.29, 1.82) is 0 Å². The number of benzene rings is 2. The standard InChI is InChI=1S/C43H52N4O3/c1-42(2)33-16-8-10-18-35(33)45(5)37(42)23-21-31-14-13-15-32(30-31)22-24-38-43(3,4)34-17-9-11-19-36(34)46(38)28-12-6-7-20-39(48)44-27-29-47-40(49)25-26-41(47)50/h8-11,16-19,21-24,30H,6-7,12-15,20,25-29H2,1-5H3/p+1. The van der Waals surface area contributed by atoms with E-state index in [4.69, 9.17) is 0 Å². The van der Waals surface area contributed by atoms with Crippen LogP contribution in [0.4, 0.5) is 11.4 Å². The SMILES string of the molecule is C[N+]1=C(/C=C/C2=CC(=C/C=C3/N(CCCCCC(=O)NCCN4C(=O)CCC4=O)c4ccccc4C3(C)C)CCC2)C(C)(C)c2ccccc21. The molecule has 3 heterocycles. The third kappa shape index (κ3) is 7.19. The summed E-state index contributed by atoms with van der Waals surface area (Å²) in [5.41, 5.74) is 10.5. The van der Waals surface area contributed by atoms with Crippen LogP contribution in [0.3, 0.4) is 0 Å². The monoisotopic (exact) mass is 673 g/mol. The predicted octanol–water partition coefficient (Wildman–Crippen LogP) is 7.79. The highest BCUT2D eigenvalue weighted by molar-refractivity contribution is 6.03. The van der Waals surface area contributed by atoms with Gasteiger partial charge in [0, 0.05) is 73.4 Å². The molecule has 0 atom stereocenters. The van der Waals surface area contributed by atoms with E-state index >= 15 is 0 Å². The van der Waals surface area contributed by atoms with E-state index in [9.17, 15) is 14.4 Å². The van der Waals surface area contributed by atoms with E-state index in [2.05, 4.69) is 128 Å². The topological polar surface area (TPSA) is 72.7 Å². The van der Waals surface area contributed by atoms with Crippen LogP contribution < -0.4 is 10.2 Å². The smallest absolute Gasteiger partial charge is 0.229 e. The second-order valence-electron chi connectivity index (χ2n) is 15.2. The number of fused-ring (bicyclic) bond motifs is 2. The average molecular weight is 674 g/mol. The van der Waals surface area contributed by atoms with Crippen LogP contribution in [-0.4, -0.2) is 59.6 Å². The molecule has 3 aliphatic heterocycles. The molecule has 2 aromatic rings. The van der Waals surface area contributed by atoms with Crippen molar-refractivity contribution in [2.24, 2.45) is 0 Å². The molecule has 0 radical (unpaired) electrons. The highest BCUT2D eigenvalue weighted by Crippen LogP contribution is 2.48. The van der Waals surface area contributed by atoms with Gasteiger partial charge >= 0.3 is 0 Å². The number of hydrogen-bond acceptors (Lipinski definition) is 4. The zero-order valence-corrected chi connectivity index (χ0v) is 30.6. The van der Waals surface area contributed by atoms with Gasteiger partial charge in [0.15, 0.2) is 5.71 Å². The van der Waals surface area contributed by atoms with Crippen LogP contribution in [0.2, 0.25) is 0 Å². The van der Waals surface area contributed by atoms with Gasteiger partial charge in [0.25, 0.3) is 0 Å². The van der Waals surface area contributed by atoms with E-state index in [1.54, 1.807) is 0 Å². The van der Waals surface area contributed by atoms with Gasteiger partial charge in [-0.05, 0) is 74.8 Å². The summed E-state index contributed by atoms with van der Waals surface area (Å²) in [7, 11) is 2.18. The van der Waals surface area contributed by atoms with Gasteiger partial charge in [-0.1, -0.05) is 74.9 Å². The van der Waals surface area contributed by atoms with Gasteiger partial charge in [0.2, 0.25) is 23.4 Å². The van der Waals surface area contributed by atoms with Gasteiger partial charge in [-0.25, -0.2) is 0 Å². The minimum atomic E-state index is -0.143. The number of likely N-dealkylation sites (tertiary alicyclic amines) is 1. The number of amides is 3. The molecule has 3 amide bonds. The molecule has 1 saturated heterocycles. The van der Waals surface area contributed by atoms with E-state index < -0.39 is 0 Å². The van der Waals surface area contributed by atoms with Crippen molar-refractivity contribution in [1.82, 2.24) is 10.2 Å². The van der Waals surface area contributed by atoms with Crippen molar-refractivity contribution in [3.63, 3.8) is 0 Å². The number of nitrogens with zero attached hydrogens (tertiary/aromatic N) is 3. The number of unbranched alkanes of at least 4 members (excludes halogenated alkanes) is 2. The summed E-state index contributed by atoms with van der Waals surface area (Å²) < 4.78 is 2.34. The Hall–Kier alpha value is -4.52. The van der Waals surface area contributed by atoms with Crippen molar-refractivity contribution in [2.45, 2.75) is 96.3 Å². The first-order valence-electron chi connectivity index (χ1n) is 18.5. The lowest BCUT2D eigenvalue weighted by atomic mass is 9.81. The van der Waals surface area contributed by atoms with Gasteiger partial charge in [-0.2, -0.15) is 4.58 Å². The zero-order valence-electron chi connectivity index (χ0n) is 30.6. The van der Waals surface area contributed by atoms with Gasteiger partial charge < -0.3 is 10.2 Å². The lowest BCUT2D eigenvalue weighted by Gasteiger charge is -2.27. The first-order valence-corrected chi connectivity index (χ1v) is 18.5. The maximum absolute atomic E-state index is 12.4. The minimum absolute atomic E-state index is 0.0265. The molecule has 6 rings (SSSR count). The number of hydrogen-bond donors (Lipinski definition) is 1. The summed E-state index contributed by atoms with van der Waals surface area (Å²) in [4.78, 5) is 39.7. The van der Waals surface area contributed by atoms with Crippen LogP contribution in [0.15, 0.2) is 95.8 Å². The summed E-state index contributed by atoms with van der Waals surface area (Å²) in [6.45, 7) is 10.8. The number of rotatable bonds is 12. The van der Waals surface area contributed by atoms with E-state index in [0.717, 1.165) is 45.1 Å². The van der Waals surface area contributed by atoms with Gasteiger partial charge in [-0.15, -0.1) is 0 Å². The van der Waals surface area contributed by atoms with Crippen molar-refractivity contribution in [2.75, 3.05) is 31.6 Å². The predicted molar refractivity (Wildman–Crippen MR) is 202 cm³/mol. The average Bonchev–Trinajstić information content (AvgIpc) is 3.61. The van der Waals surface area contributed by atoms with Crippen molar-refractivity contribution in [3.8, 4) is 0 Å². The van der Waals surface area contributed by atoms with Gasteiger partial charge in [0.05, 0.1) is 5.41 Å². The Bertz CT molecular complexity index is 1810. The Balaban J connectivity index is 1.09. The summed E-state index contributed by atoms with van der Waals surface area (Å²) in [5.74, 6) is -0.312. The molecule has 1 fully saturated rings. The molecule has 1 N–H and O–H groups in total. The summed E-state index contributed by atoms with van der Waals surface area (Å²) in [5, 5.41) is 2.87. The van der Waals surface area contributed by atoms with Crippen LogP contribution in [0.25, 0.3) is 0 Å². The molecular formula is C43H53N4O3+. The second-order valence-corrected chi connectivity index (χ2v) is 15.2. The number of carbonyl (C=O) groups excluding carboxylic acids is 3. The van der Waals surface area contributed by atoms with E-state index in [-0.39, 0.29) is 47.9 Å². The minimum Gasteiger partial charge on any atom is -0.354 e. The van der Waals surface area contributed by atoms with E-state index in [1.165, 1.54) is 50.0 Å². The number of imide groups is 1. The Morgan fingerprint density at radius 1 is 0.800 bits per heavy atom. The highest BCUT2D eigenvalue weighted by atomic mass is 16.2. The fourth-order valence-corrected chi connectivity index (χ4v) is 8.20. The molecular weight excluding hydrogens is 620 g/mol. The quantitative estimate of drug-likeness (QED) is 0.142. The largest absolute Gasteiger partial charge is 0.354 e. The molecule has 0 spiro atoms. The van der Waals surface area contributed by atoms with Crippen molar-refractivity contribution >= 4 is 34.8 Å². The molecule has 2 aromatic carbocycles. The van der Waals surface area contributed by atoms with E-state index in [1.807, 2.05) is 0 Å². The van der Waals surface area contributed by atoms with Crippen molar-refractivity contribution < 1.29 is 19.0 Å². The third-order valence-electron chi connectivity index (χ3n) is 11.1. The second kappa shape index (κ2) is 14.8. The first kappa shape index (κ1) is 35.3. The zero-order chi connectivity index (χ0) is 35.5. The Morgan fingerprint density at radius 3 is 2.28 bits per heavy atom. The molecule has 0 bridgehead atoms. The maximum Gasteiger partial charge on any atom is 0.229 e. The summed E-state index contributed by atoms with van der Waals surface area (Å²) in [6, 6.07) is 17.5. The van der Waals surface area contributed by atoms with Crippen LogP contribution in [0.1, 0.15) is 96.6 Å². The lowest BCUT2D eigenvalue weighted by molar-refractivity contribution is -0.401. The Kier molecular flexibility index (Phi) is 10.4. The van der Waals surface area contributed by atoms with Crippen LogP contribution >= 0.6 is 0 Å². The molecule has 0 aromatic heterocycles. The molecule has 50 heavy (non-hydrogen) atoms. The lowest BCUT2D eigenvalue weighted by Crippen LogP contribution is -2.37. The molecule has 7 heteroatoms. The van der Waals surface area contributed by atoms with Gasteiger partial charge in [-0.3, -0.25) is 19.3 Å². The maximum atomic E-state index is 12.4. The van der Waals surface area contributed by atoms with Crippen LogP contribution in [-0.2, 0) is 25.2 Å². The van der Waals surface area contributed by atoms with Crippen LogP contribution in [0.5, 0.6) is 0 Å². The highest BCUT2D eigenvalue weighted by Gasteiger charge is 2.42. The Labute approximate surface area is 298 Å². The van der Waals surface area contributed by atoms with Crippen LogP contribution in [0, 0.1) is 0 Å². The van der Waals surface area contributed by atoms with E-state index in [0.29, 0.717) is 13.0 Å². The number of para-hydroxylation sites is 2. The number of nitrogens with one attached hydrogen (secondary N) is 1. The summed E-state index contributed by atoms with van der Waals surface area (Å²) >= 11 is 0. The fraction of sp³-hybridized carbons (Fsp3) is 0.442.